The number of nitrogens with two attached hydrogens (primary N) is 1. The maximum absolute atomic E-state index is 11.0. The maximum atomic E-state index is 11.0. The third-order valence-corrected chi connectivity index (χ3v) is 1.77. The average molecular weight is 177 g/mol. The highest BCUT2D eigenvalue weighted by Gasteiger charge is 2.05. The number of amides is 1. The maximum Gasteiger partial charge on any atom is 0.248 e. The quantitative estimate of drug-likeness (QED) is 0.692. The van der Waals surface area contributed by atoms with Crippen LogP contribution in [0.5, 0.6) is 0 Å². The van der Waals surface area contributed by atoms with E-state index in [4.69, 9.17) is 5.73 Å². The van der Waals surface area contributed by atoms with Crippen molar-refractivity contribution in [3.63, 3.8) is 0 Å². The van der Waals surface area contributed by atoms with Crippen LogP contribution < -0.4 is 5.73 Å². The zero-order chi connectivity index (χ0) is 10.0. The Kier molecular flexibility index (Phi) is 2.46. The molecule has 0 aliphatic rings. The molecule has 3 heteroatoms. The zero-order valence-electron chi connectivity index (χ0n) is 7.63. The Morgan fingerprint density at radius 3 is 2.15 bits per heavy atom. The lowest BCUT2D eigenvalue weighted by atomic mass is 10.0. The molecule has 0 aliphatic carbocycles. The lowest BCUT2D eigenvalue weighted by molar-refractivity contribution is 0.1000. The van der Waals surface area contributed by atoms with Gasteiger partial charge in [-0.1, -0.05) is 0 Å². The van der Waals surface area contributed by atoms with Gasteiger partial charge in [-0.25, -0.2) is 0 Å². The van der Waals surface area contributed by atoms with Crippen LogP contribution in [0, 0.1) is 6.92 Å². The molecule has 0 spiro atoms. The summed E-state index contributed by atoms with van der Waals surface area (Å²) >= 11 is 0. The molecular weight excluding hydrogens is 166 g/mol. The standard InChI is InChI=1S/C10H11NO2/c1-6-3-8(7(2)12)5-9(4-6)10(11)13/h3-5H,1-2H3,(H2,11,13). The lowest BCUT2D eigenvalue weighted by Crippen LogP contribution is -2.12. The summed E-state index contributed by atoms with van der Waals surface area (Å²) in [5.74, 6) is -0.572. The van der Waals surface area contributed by atoms with E-state index in [1.54, 1.807) is 12.1 Å². The normalized spacial score (nSPS) is 9.69. The van der Waals surface area contributed by atoms with Crippen molar-refractivity contribution < 1.29 is 9.59 Å². The van der Waals surface area contributed by atoms with Gasteiger partial charge in [-0.15, -0.1) is 0 Å². The molecule has 0 saturated heterocycles. The Labute approximate surface area is 76.6 Å². The van der Waals surface area contributed by atoms with Gasteiger partial charge in [-0.05, 0) is 37.6 Å². The van der Waals surface area contributed by atoms with E-state index in [0.29, 0.717) is 11.1 Å². The van der Waals surface area contributed by atoms with E-state index in [1.807, 2.05) is 6.92 Å². The lowest BCUT2D eigenvalue weighted by Gasteiger charge is -2.01. The molecule has 3 nitrogen and oxygen atoms in total. The first-order valence-electron chi connectivity index (χ1n) is 3.93. The molecule has 68 valence electrons. The van der Waals surface area contributed by atoms with Gasteiger partial charge in [0.25, 0.3) is 0 Å². The Morgan fingerprint density at radius 2 is 1.69 bits per heavy atom. The molecule has 0 saturated carbocycles. The van der Waals surface area contributed by atoms with Gasteiger partial charge in [0.1, 0.15) is 0 Å². The number of benzene rings is 1. The molecular formula is C10H11NO2. The summed E-state index contributed by atoms with van der Waals surface area (Å²) in [4.78, 5) is 21.9. The Balaban J connectivity index is 3.26. The van der Waals surface area contributed by atoms with E-state index in [1.165, 1.54) is 13.0 Å². The molecule has 2 N–H and O–H groups in total. The summed E-state index contributed by atoms with van der Waals surface area (Å²) in [7, 11) is 0. The molecule has 1 aromatic rings. The van der Waals surface area contributed by atoms with Crippen molar-refractivity contribution in [2.75, 3.05) is 0 Å². The van der Waals surface area contributed by atoms with E-state index >= 15 is 0 Å². The third-order valence-electron chi connectivity index (χ3n) is 1.77. The van der Waals surface area contributed by atoms with Gasteiger partial charge in [0.15, 0.2) is 5.78 Å². The van der Waals surface area contributed by atoms with Crippen LogP contribution in [0.3, 0.4) is 0 Å². The molecule has 0 heterocycles. The second-order valence-electron chi connectivity index (χ2n) is 3.01. The highest BCUT2D eigenvalue weighted by molar-refractivity contribution is 5.99. The van der Waals surface area contributed by atoms with Gasteiger partial charge < -0.3 is 5.73 Å². The van der Waals surface area contributed by atoms with Gasteiger partial charge in [-0.2, -0.15) is 0 Å². The third kappa shape index (κ3) is 2.15. The Morgan fingerprint density at radius 1 is 1.15 bits per heavy atom. The van der Waals surface area contributed by atoms with Crippen LogP contribution in [0.4, 0.5) is 0 Å². The second kappa shape index (κ2) is 3.39. The molecule has 0 atom stereocenters. The van der Waals surface area contributed by atoms with Crippen LogP contribution in [0.15, 0.2) is 18.2 Å². The number of ketones is 1. The summed E-state index contributed by atoms with van der Waals surface area (Å²) in [6.07, 6.45) is 0. The topological polar surface area (TPSA) is 60.2 Å². The number of carbonyl (C=O) groups is 2. The van der Waals surface area contributed by atoms with Crippen molar-refractivity contribution in [1.29, 1.82) is 0 Å². The van der Waals surface area contributed by atoms with Crippen LogP contribution in [-0.4, -0.2) is 11.7 Å². The summed E-state index contributed by atoms with van der Waals surface area (Å²) in [5.41, 5.74) is 6.87. The van der Waals surface area contributed by atoms with Gasteiger partial charge in [0.05, 0.1) is 0 Å². The van der Waals surface area contributed by atoms with Crippen LogP contribution in [0.25, 0.3) is 0 Å². The Bertz CT molecular complexity index is 337. The van der Waals surface area contributed by atoms with Gasteiger partial charge in [-0.3, -0.25) is 9.59 Å². The van der Waals surface area contributed by atoms with E-state index in [0.717, 1.165) is 5.56 Å². The molecule has 0 unspecified atom stereocenters. The highest BCUT2D eigenvalue weighted by Crippen LogP contribution is 2.09. The van der Waals surface area contributed by atoms with Crippen molar-refractivity contribution in [2.24, 2.45) is 5.73 Å². The van der Waals surface area contributed by atoms with Crippen LogP contribution >= 0.6 is 0 Å². The minimum atomic E-state index is -0.508. The summed E-state index contributed by atoms with van der Waals surface area (Å²) in [6.45, 7) is 3.28. The van der Waals surface area contributed by atoms with Crippen molar-refractivity contribution in [1.82, 2.24) is 0 Å². The molecule has 1 aromatic carbocycles. The van der Waals surface area contributed by atoms with E-state index < -0.39 is 5.91 Å². The molecule has 1 amide bonds. The fourth-order valence-electron chi connectivity index (χ4n) is 1.13. The van der Waals surface area contributed by atoms with Crippen molar-refractivity contribution in [3.8, 4) is 0 Å². The van der Waals surface area contributed by atoms with Crippen LogP contribution in [0.1, 0.15) is 33.2 Å². The average Bonchev–Trinajstić information content (AvgIpc) is 2.03. The van der Waals surface area contributed by atoms with E-state index in [9.17, 15) is 9.59 Å². The van der Waals surface area contributed by atoms with Gasteiger partial charge >= 0.3 is 0 Å². The first-order valence-corrected chi connectivity index (χ1v) is 3.93. The van der Waals surface area contributed by atoms with Crippen LogP contribution in [0.2, 0.25) is 0 Å². The summed E-state index contributed by atoms with van der Waals surface area (Å²) in [6, 6.07) is 4.90. The zero-order valence-corrected chi connectivity index (χ0v) is 7.63. The number of aryl methyl sites for hydroxylation is 1. The Hall–Kier alpha value is -1.64. The van der Waals surface area contributed by atoms with Gasteiger partial charge in [0.2, 0.25) is 5.91 Å². The monoisotopic (exact) mass is 177 g/mol. The van der Waals surface area contributed by atoms with Crippen molar-refractivity contribution in [2.45, 2.75) is 13.8 Å². The smallest absolute Gasteiger partial charge is 0.248 e. The minimum Gasteiger partial charge on any atom is -0.366 e. The number of hydrogen-bond acceptors (Lipinski definition) is 2. The van der Waals surface area contributed by atoms with Gasteiger partial charge in [0, 0.05) is 11.1 Å². The fourth-order valence-corrected chi connectivity index (χ4v) is 1.13. The first kappa shape index (κ1) is 9.45. The fraction of sp³-hybridized carbons (Fsp3) is 0.200. The molecule has 0 aliphatic heterocycles. The summed E-state index contributed by atoms with van der Waals surface area (Å²) < 4.78 is 0. The second-order valence-corrected chi connectivity index (χ2v) is 3.01. The minimum absolute atomic E-state index is 0.0637. The van der Waals surface area contributed by atoms with E-state index in [2.05, 4.69) is 0 Å². The molecule has 13 heavy (non-hydrogen) atoms. The number of primary amides is 1. The predicted octanol–water partition coefficient (Wildman–Crippen LogP) is 1.30. The summed E-state index contributed by atoms with van der Waals surface area (Å²) in [5, 5.41) is 0. The van der Waals surface area contributed by atoms with Crippen molar-refractivity contribution in [3.05, 3.63) is 34.9 Å². The SMILES string of the molecule is CC(=O)c1cc(C)cc(C(N)=O)c1. The largest absolute Gasteiger partial charge is 0.366 e. The number of Topliss-reactive ketones (excluding diaryl/α,β-unsaturated/α-hetero) is 1. The van der Waals surface area contributed by atoms with E-state index in [-0.39, 0.29) is 5.78 Å². The molecule has 0 aromatic heterocycles. The first-order chi connectivity index (χ1) is 6.00. The molecule has 0 radical (unpaired) electrons. The highest BCUT2D eigenvalue weighted by atomic mass is 16.1. The predicted molar refractivity (Wildman–Crippen MR) is 49.7 cm³/mol. The van der Waals surface area contributed by atoms with Crippen molar-refractivity contribution >= 4 is 11.7 Å². The number of hydrogen-bond donors (Lipinski definition) is 1. The van der Waals surface area contributed by atoms with Crippen LogP contribution in [-0.2, 0) is 0 Å². The number of rotatable bonds is 2. The molecule has 0 bridgehead atoms. The number of carbonyl (C=O) groups excluding carboxylic acids is 2. The molecule has 1 rings (SSSR count). The molecule has 0 fully saturated rings.